The van der Waals surface area contributed by atoms with E-state index >= 15 is 0 Å². The molecule has 0 fully saturated rings. The third-order valence-corrected chi connectivity index (χ3v) is 5.46. The molecule has 0 aliphatic heterocycles. The summed E-state index contributed by atoms with van der Waals surface area (Å²) in [7, 11) is 0. The van der Waals surface area contributed by atoms with Crippen LogP contribution in [-0.2, 0) is 18.0 Å². The molecule has 0 atom stereocenters. The molecule has 0 aliphatic carbocycles. The van der Waals surface area contributed by atoms with Crippen LogP contribution >= 0.6 is 11.6 Å². The molecule has 178 valence electrons. The van der Waals surface area contributed by atoms with E-state index in [0.29, 0.717) is 41.0 Å². The maximum atomic E-state index is 12.8. The van der Waals surface area contributed by atoms with E-state index in [9.17, 15) is 10.1 Å². The molecule has 1 N–H and O–H groups in total. The standard InChI is InChI=1S/C30H23ClN2O3/c31-26-11-6-9-23(17-26)21-36-29-12-5-4-10-24(29)18-25(19-32)30(34)33-27-13-15-28(16-14-27)35-20-22-7-2-1-3-8-22/h1-18H,20-21H2,(H,33,34)/b25-18+. The fourth-order valence-corrected chi connectivity index (χ4v) is 3.61. The molecule has 0 bridgehead atoms. The third-order valence-electron chi connectivity index (χ3n) is 5.23. The molecule has 0 spiro atoms. The minimum atomic E-state index is -0.514. The number of ether oxygens (including phenoxy) is 2. The van der Waals surface area contributed by atoms with Gasteiger partial charge in [0, 0.05) is 16.3 Å². The molecule has 4 rings (SSSR count). The first-order valence-electron chi connectivity index (χ1n) is 11.3. The summed E-state index contributed by atoms with van der Waals surface area (Å²) in [5.74, 6) is 0.719. The van der Waals surface area contributed by atoms with Gasteiger partial charge in [-0.25, -0.2) is 0 Å². The zero-order valence-electron chi connectivity index (χ0n) is 19.4. The smallest absolute Gasteiger partial charge is 0.266 e. The number of carbonyl (C=O) groups excluding carboxylic acids is 1. The summed E-state index contributed by atoms with van der Waals surface area (Å²) in [6, 6.07) is 33.5. The van der Waals surface area contributed by atoms with Crippen molar-refractivity contribution in [3.63, 3.8) is 0 Å². The molecule has 4 aromatic rings. The molecule has 0 radical (unpaired) electrons. The van der Waals surface area contributed by atoms with Gasteiger partial charge in [-0.2, -0.15) is 5.26 Å². The van der Waals surface area contributed by atoms with Crippen molar-refractivity contribution in [2.24, 2.45) is 0 Å². The normalized spacial score (nSPS) is 10.8. The van der Waals surface area contributed by atoms with Crippen molar-refractivity contribution in [2.45, 2.75) is 13.2 Å². The lowest BCUT2D eigenvalue weighted by Crippen LogP contribution is -2.13. The minimum absolute atomic E-state index is 0.0433. The highest BCUT2D eigenvalue weighted by atomic mass is 35.5. The van der Waals surface area contributed by atoms with Crippen molar-refractivity contribution in [3.8, 4) is 17.6 Å². The number of carbonyl (C=O) groups is 1. The Morgan fingerprint density at radius 3 is 2.28 bits per heavy atom. The molecule has 0 heterocycles. The van der Waals surface area contributed by atoms with Gasteiger partial charge in [0.1, 0.15) is 36.4 Å². The lowest BCUT2D eigenvalue weighted by atomic mass is 10.1. The maximum absolute atomic E-state index is 12.8. The summed E-state index contributed by atoms with van der Waals surface area (Å²) in [5.41, 5.74) is 3.11. The molecule has 4 aromatic carbocycles. The highest BCUT2D eigenvalue weighted by Crippen LogP contribution is 2.24. The van der Waals surface area contributed by atoms with Gasteiger partial charge >= 0.3 is 0 Å². The quantitative estimate of drug-likeness (QED) is 0.200. The van der Waals surface area contributed by atoms with Crippen LogP contribution in [0.5, 0.6) is 11.5 Å². The lowest BCUT2D eigenvalue weighted by molar-refractivity contribution is -0.112. The van der Waals surface area contributed by atoms with Gasteiger partial charge in [0.05, 0.1) is 0 Å². The van der Waals surface area contributed by atoms with Gasteiger partial charge in [-0.05, 0) is 59.7 Å². The number of benzene rings is 4. The summed E-state index contributed by atoms with van der Waals surface area (Å²) in [4.78, 5) is 12.8. The zero-order chi connectivity index (χ0) is 25.2. The van der Waals surface area contributed by atoms with Crippen molar-refractivity contribution >= 4 is 29.3 Å². The highest BCUT2D eigenvalue weighted by Gasteiger charge is 2.12. The van der Waals surface area contributed by atoms with Crippen LogP contribution in [0.3, 0.4) is 0 Å². The number of nitriles is 1. The molecule has 6 heteroatoms. The molecule has 0 saturated heterocycles. The van der Waals surface area contributed by atoms with Gasteiger partial charge in [-0.15, -0.1) is 0 Å². The molecule has 1 amide bonds. The second-order valence-corrected chi connectivity index (χ2v) is 8.32. The number of nitrogens with one attached hydrogen (secondary N) is 1. The second-order valence-electron chi connectivity index (χ2n) is 7.88. The number of rotatable bonds is 9. The van der Waals surface area contributed by atoms with E-state index < -0.39 is 5.91 Å². The largest absolute Gasteiger partial charge is 0.489 e. The van der Waals surface area contributed by atoms with Crippen LogP contribution in [-0.4, -0.2) is 5.91 Å². The lowest BCUT2D eigenvalue weighted by Gasteiger charge is -2.10. The zero-order valence-corrected chi connectivity index (χ0v) is 20.1. The summed E-state index contributed by atoms with van der Waals surface area (Å²) in [6.45, 7) is 0.755. The Balaban J connectivity index is 1.40. The molecule has 5 nitrogen and oxygen atoms in total. The predicted octanol–water partition coefficient (Wildman–Crippen LogP) is 7.04. The van der Waals surface area contributed by atoms with Gasteiger partial charge < -0.3 is 14.8 Å². The Bertz CT molecular complexity index is 1390. The molecular formula is C30H23ClN2O3. The molecular weight excluding hydrogens is 472 g/mol. The minimum Gasteiger partial charge on any atom is -0.489 e. The van der Waals surface area contributed by atoms with Crippen molar-refractivity contribution in [1.29, 1.82) is 5.26 Å². The number of amides is 1. The van der Waals surface area contributed by atoms with Crippen molar-refractivity contribution < 1.29 is 14.3 Å². The van der Waals surface area contributed by atoms with Crippen molar-refractivity contribution in [2.75, 3.05) is 5.32 Å². The average Bonchev–Trinajstić information content (AvgIpc) is 2.91. The van der Waals surface area contributed by atoms with Crippen LogP contribution in [0.2, 0.25) is 5.02 Å². The fourth-order valence-electron chi connectivity index (χ4n) is 3.40. The van der Waals surface area contributed by atoms with Gasteiger partial charge in [0.15, 0.2) is 0 Å². The SMILES string of the molecule is N#C/C(=C\c1ccccc1OCc1cccc(Cl)c1)C(=O)Nc1ccc(OCc2ccccc2)cc1. The van der Waals surface area contributed by atoms with E-state index in [1.165, 1.54) is 6.08 Å². The van der Waals surface area contributed by atoms with E-state index in [-0.39, 0.29) is 5.57 Å². The first-order valence-corrected chi connectivity index (χ1v) is 11.6. The molecule has 0 unspecified atom stereocenters. The maximum Gasteiger partial charge on any atom is 0.266 e. The molecule has 0 aromatic heterocycles. The van der Waals surface area contributed by atoms with E-state index in [0.717, 1.165) is 11.1 Å². The van der Waals surface area contributed by atoms with Gasteiger partial charge in [0.25, 0.3) is 5.91 Å². The van der Waals surface area contributed by atoms with Crippen LogP contribution in [0, 0.1) is 11.3 Å². The second kappa shape index (κ2) is 12.3. The number of nitrogens with zero attached hydrogens (tertiary/aromatic N) is 1. The third kappa shape index (κ3) is 6.99. The molecule has 0 aliphatic rings. The summed E-state index contributed by atoms with van der Waals surface area (Å²) >= 11 is 6.04. The average molecular weight is 495 g/mol. The topological polar surface area (TPSA) is 71.3 Å². The van der Waals surface area contributed by atoms with E-state index in [4.69, 9.17) is 21.1 Å². The number of anilines is 1. The van der Waals surface area contributed by atoms with Crippen LogP contribution in [0.4, 0.5) is 5.69 Å². The van der Waals surface area contributed by atoms with E-state index in [2.05, 4.69) is 5.32 Å². The Morgan fingerprint density at radius 1 is 0.833 bits per heavy atom. The number of hydrogen-bond donors (Lipinski definition) is 1. The monoisotopic (exact) mass is 494 g/mol. The van der Waals surface area contributed by atoms with Crippen LogP contribution in [0.25, 0.3) is 6.08 Å². The van der Waals surface area contributed by atoms with Crippen molar-refractivity contribution in [3.05, 3.63) is 130 Å². The number of para-hydroxylation sites is 1. The highest BCUT2D eigenvalue weighted by molar-refractivity contribution is 6.30. The van der Waals surface area contributed by atoms with E-state index in [1.54, 1.807) is 42.5 Å². The fraction of sp³-hybridized carbons (Fsp3) is 0.0667. The predicted molar refractivity (Wildman–Crippen MR) is 142 cm³/mol. The molecule has 0 saturated carbocycles. The Labute approximate surface area is 215 Å². The number of hydrogen-bond acceptors (Lipinski definition) is 4. The Hall–Kier alpha value is -4.53. The first-order chi connectivity index (χ1) is 17.6. The van der Waals surface area contributed by atoms with Gasteiger partial charge in [0.2, 0.25) is 0 Å². The Morgan fingerprint density at radius 2 is 1.53 bits per heavy atom. The van der Waals surface area contributed by atoms with Crippen LogP contribution < -0.4 is 14.8 Å². The van der Waals surface area contributed by atoms with Crippen LogP contribution in [0.1, 0.15) is 16.7 Å². The summed E-state index contributed by atoms with van der Waals surface area (Å²) < 4.78 is 11.7. The number of halogens is 1. The van der Waals surface area contributed by atoms with Gasteiger partial charge in [-0.1, -0.05) is 72.3 Å². The van der Waals surface area contributed by atoms with E-state index in [1.807, 2.05) is 66.7 Å². The summed E-state index contributed by atoms with van der Waals surface area (Å²) in [6.07, 6.45) is 1.51. The first kappa shape index (κ1) is 24.6. The van der Waals surface area contributed by atoms with Gasteiger partial charge in [-0.3, -0.25) is 4.79 Å². The summed E-state index contributed by atoms with van der Waals surface area (Å²) in [5, 5.41) is 13.0. The molecule has 36 heavy (non-hydrogen) atoms. The van der Waals surface area contributed by atoms with Crippen molar-refractivity contribution in [1.82, 2.24) is 0 Å². The van der Waals surface area contributed by atoms with Crippen LogP contribution in [0.15, 0.2) is 109 Å². The Kier molecular flexibility index (Phi) is 8.37.